The molecule has 0 spiro atoms. The molecule has 0 saturated heterocycles. The molecule has 1 aromatic rings. The minimum Gasteiger partial charge on any atom is -0.327 e. The molecule has 0 amide bonds. The van der Waals surface area contributed by atoms with Crippen molar-refractivity contribution in [3.8, 4) is 0 Å². The highest BCUT2D eigenvalue weighted by Crippen LogP contribution is 2.22. The molecule has 0 heterocycles. The van der Waals surface area contributed by atoms with Gasteiger partial charge in [-0.2, -0.15) is 0 Å². The monoisotopic (exact) mass is 236 g/mol. The van der Waals surface area contributed by atoms with Crippen LogP contribution in [0.15, 0.2) is 18.2 Å². The summed E-state index contributed by atoms with van der Waals surface area (Å²) >= 11 is 0. The van der Waals surface area contributed by atoms with Crippen molar-refractivity contribution < 1.29 is 4.92 Å². The van der Waals surface area contributed by atoms with Gasteiger partial charge in [0.1, 0.15) is 0 Å². The first-order valence-electron chi connectivity index (χ1n) is 5.89. The summed E-state index contributed by atoms with van der Waals surface area (Å²) in [5.41, 5.74) is 7.95. The van der Waals surface area contributed by atoms with E-state index < -0.39 is 0 Å². The number of aryl methyl sites for hydroxylation is 1. The van der Waals surface area contributed by atoms with E-state index >= 15 is 0 Å². The summed E-state index contributed by atoms with van der Waals surface area (Å²) in [6.07, 6.45) is 1.45. The molecule has 1 rings (SSSR count). The molecule has 0 saturated carbocycles. The molecule has 0 aliphatic heterocycles. The van der Waals surface area contributed by atoms with E-state index in [1.165, 1.54) is 0 Å². The van der Waals surface area contributed by atoms with Crippen LogP contribution in [0.5, 0.6) is 0 Å². The van der Waals surface area contributed by atoms with Crippen LogP contribution in [-0.2, 0) is 6.42 Å². The first-order valence-corrected chi connectivity index (χ1v) is 5.89. The van der Waals surface area contributed by atoms with Crippen LogP contribution < -0.4 is 5.73 Å². The fourth-order valence-corrected chi connectivity index (χ4v) is 2.03. The van der Waals surface area contributed by atoms with Gasteiger partial charge in [-0.25, -0.2) is 0 Å². The van der Waals surface area contributed by atoms with Crippen LogP contribution in [-0.4, -0.2) is 11.0 Å². The summed E-state index contributed by atoms with van der Waals surface area (Å²) in [5.74, 6) is 0.508. The fourth-order valence-electron chi connectivity index (χ4n) is 2.03. The number of rotatable bonds is 5. The van der Waals surface area contributed by atoms with Crippen molar-refractivity contribution in [1.82, 2.24) is 0 Å². The van der Waals surface area contributed by atoms with Gasteiger partial charge in [-0.15, -0.1) is 0 Å². The number of nitro groups is 1. The Morgan fingerprint density at radius 3 is 2.59 bits per heavy atom. The largest absolute Gasteiger partial charge is 0.327 e. The third-order valence-corrected chi connectivity index (χ3v) is 2.69. The molecule has 1 atom stereocenters. The van der Waals surface area contributed by atoms with E-state index in [0.29, 0.717) is 12.3 Å². The maximum Gasteiger partial charge on any atom is 0.272 e. The minimum absolute atomic E-state index is 0.0181. The summed E-state index contributed by atoms with van der Waals surface area (Å²) in [4.78, 5) is 10.6. The van der Waals surface area contributed by atoms with E-state index in [4.69, 9.17) is 5.73 Å². The summed E-state index contributed by atoms with van der Waals surface area (Å²) in [6, 6.07) is 5.16. The first-order chi connectivity index (χ1) is 7.90. The predicted octanol–water partition coefficient (Wildman–Crippen LogP) is 2.82. The fraction of sp³-hybridized carbons (Fsp3) is 0.538. The molecule has 2 N–H and O–H groups in total. The van der Waals surface area contributed by atoms with E-state index in [0.717, 1.165) is 17.5 Å². The van der Waals surface area contributed by atoms with Gasteiger partial charge in [0.25, 0.3) is 5.69 Å². The summed E-state index contributed by atoms with van der Waals surface area (Å²) in [7, 11) is 0. The van der Waals surface area contributed by atoms with E-state index in [1.807, 2.05) is 13.0 Å². The zero-order valence-electron chi connectivity index (χ0n) is 10.6. The van der Waals surface area contributed by atoms with Crippen LogP contribution in [0.3, 0.4) is 0 Å². The maximum atomic E-state index is 10.9. The Bertz CT molecular complexity index is 402. The number of nitro benzene ring substituents is 1. The van der Waals surface area contributed by atoms with E-state index in [9.17, 15) is 10.1 Å². The molecule has 0 aliphatic rings. The van der Waals surface area contributed by atoms with Crippen molar-refractivity contribution in [2.24, 2.45) is 11.7 Å². The van der Waals surface area contributed by atoms with Gasteiger partial charge >= 0.3 is 0 Å². The zero-order chi connectivity index (χ0) is 13.0. The minimum atomic E-state index is -0.336. The highest BCUT2D eigenvalue weighted by Gasteiger charge is 2.16. The Kier molecular flexibility index (Phi) is 4.63. The average Bonchev–Trinajstić information content (AvgIpc) is 2.15. The normalized spacial score (nSPS) is 12.8. The molecule has 0 aromatic heterocycles. The summed E-state index contributed by atoms with van der Waals surface area (Å²) < 4.78 is 0. The number of hydrogen-bond donors (Lipinski definition) is 1. The van der Waals surface area contributed by atoms with Gasteiger partial charge in [0.15, 0.2) is 0 Å². The third-order valence-electron chi connectivity index (χ3n) is 2.69. The molecule has 4 heteroatoms. The lowest BCUT2D eigenvalue weighted by Crippen LogP contribution is -2.25. The van der Waals surface area contributed by atoms with Gasteiger partial charge in [-0.05, 0) is 31.7 Å². The second-order valence-corrected chi connectivity index (χ2v) is 4.98. The van der Waals surface area contributed by atoms with Gasteiger partial charge in [0, 0.05) is 17.7 Å². The van der Waals surface area contributed by atoms with Crippen LogP contribution in [0.25, 0.3) is 0 Å². The van der Waals surface area contributed by atoms with Crippen LogP contribution in [0.1, 0.15) is 31.4 Å². The SMILES string of the molecule is Cc1ccc([N+](=O)[O-])c(CC(N)CC(C)C)c1. The Morgan fingerprint density at radius 1 is 1.41 bits per heavy atom. The van der Waals surface area contributed by atoms with Crippen molar-refractivity contribution >= 4 is 5.69 Å². The van der Waals surface area contributed by atoms with Gasteiger partial charge in [0.05, 0.1) is 4.92 Å². The number of nitrogens with two attached hydrogens (primary N) is 1. The van der Waals surface area contributed by atoms with Crippen LogP contribution in [0.4, 0.5) is 5.69 Å². The number of hydrogen-bond acceptors (Lipinski definition) is 3. The maximum absolute atomic E-state index is 10.9. The van der Waals surface area contributed by atoms with E-state index in [1.54, 1.807) is 12.1 Å². The number of benzene rings is 1. The molecule has 0 aliphatic carbocycles. The molecule has 1 unspecified atom stereocenters. The van der Waals surface area contributed by atoms with Gasteiger partial charge in [-0.1, -0.05) is 25.5 Å². The summed E-state index contributed by atoms with van der Waals surface area (Å²) in [6.45, 7) is 6.14. The lowest BCUT2D eigenvalue weighted by molar-refractivity contribution is -0.385. The van der Waals surface area contributed by atoms with Crippen molar-refractivity contribution in [2.75, 3.05) is 0 Å². The van der Waals surface area contributed by atoms with Crippen molar-refractivity contribution in [1.29, 1.82) is 0 Å². The van der Waals surface area contributed by atoms with Gasteiger partial charge < -0.3 is 5.73 Å². The Labute approximate surface area is 102 Å². The zero-order valence-corrected chi connectivity index (χ0v) is 10.6. The van der Waals surface area contributed by atoms with E-state index in [-0.39, 0.29) is 16.7 Å². The Morgan fingerprint density at radius 2 is 2.06 bits per heavy atom. The molecule has 94 valence electrons. The van der Waals surface area contributed by atoms with Gasteiger partial charge in [-0.3, -0.25) is 10.1 Å². The highest BCUT2D eigenvalue weighted by molar-refractivity contribution is 5.43. The van der Waals surface area contributed by atoms with Crippen LogP contribution in [0, 0.1) is 23.0 Å². The molecular weight excluding hydrogens is 216 g/mol. The molecule has 17 heavy (non-hydrogen) atoms. The second-order valence-electron chi connectivity index (χ2n) is 4.98. The average molecular weight is 236 g/mol. The topological polar surface area (TPSA) is 69.2 Å². The lowest BCUT2D eigenvalue weighted by Gasteiger charge is -2.14. The Hall–Kier alpha value is -1.42. The van der Waals surface area contributed by atoms with Crippen LogP contribution >= 0.6 is 0 Å². The Balaban J connectivity index is 2.88. The standard InChI is InChI=1S/C13H20N2O2/c1-9(2)6-12(14)8-11-7-10(3)4-5-13(11)15(16)17/h4-5,7,9,12H,6,8,14H2,1-3H3. The summed E-state index contributed by atoms with van der Waals surface area (Å²) in [5, 5.41) is 10.9. The van der Waals surface area contributed by atoms with Crippen LogP contribution in [0.2, 0.25) is 0 Å². The predicted molar refractivity (Wildman–Crippen MR) is 69.0 cm³/mol. The highest BCUT2D eigenvalue weighted by atomic mass is 16.6. The quantitative estimate of drug-likeness (QED) is 0.631. The number of nitrogens with zero attached hydrogens (tertiary/aromatic N) is 1. The lowest BCUT2D eigenvalue weighted by atomic mass is 9.96. The van der Waals surface area contributed by atoms with Crippen molar-refractivity contribution in [2.45, 2.75) is 39.7 Å². The molecule has 1 aromatic carbocycles. The first kappa shape index (κ1) is 13.6. The molecule has 4 nitrogen and oxygen atoms in total. The van der Waals surface area contributed by atoms with Gasteiger partial charge in [0.2, 0.25) is 0 Å². The molecule has 0 fully saturated rings. The molecule has 0 radical (unpaired) electrons. The van der Waals surface area contributed by atoms with Crippen molar-refractivity contribution in [3.05, 3.63) is 39.4 Å². The van der Waals surface area contributed by atoms with E-state index in [2.05, 4.69) is 13.8 Å². The second kappa shape index (κ2) is 5.77. The molecule has 0 bridgehead atoms. The van der Waals surface area contributed by atoms with Crippen molar-refractivity contribution in [3.63, 3.8) is 0 Å². The smallest absolute Gasteiger partial charge is 0.272 e. The third kappa shape index (κ3) is 4.15. The molecular formula is C13H20N2O2.